The van der Waals surface area contributed by atoms with Crippen molar-refractivity contribution in [1.29, 1.82) is 0 Å². The van der Waals surface area contributed by atoms with Crippen LogP contribution in [0.1, 0.15) is 122 Å². The molecule has 0 bridgehead atoms. The predicted molar refractivity (Wildman–Crippen MR) is 118 cm³/mol. The summed E-state index contributed by atoms with van der Waals surface area (Å²) in [6.07, 6.45) is 0. The number of carbonyl (C=O) groups excluding carboxylic acids is 2. The molecule has 28 heavy (non-hydrogen) atoms. The van der Waals surface area contributed by atoms with Gasteiger partial charge in [-0.2, -0.15) is 0 Å². The maximum Gasteiger partial charge on any atom is 0.234 e. The fourth-order valence-corrected chi connectivity index (χ4v) is 3.85. The van der Waals surface area contributed by atoms with Crippen molar-refractivity contribution in [3.05, 3.63) is 69.8 Å². The molecule has 0 amide bonds. The molecule has 2 heteroatoms. The molecule has 0 unspecified atom stereocenters. The van der Waals surface area contributed by atoms with Crippen molar-refractivity contribution in [3.8, 4) is 0 Å². The molecular formula is C26H34O2. The highest BCUT2D eigenvalue weighted by molar-refractivity contribution is 6.50. The normalized spacial score (nSPS) is 11.7. The van der Waals surface area contributed by atoms with Crippen LogP contribution in [0.3, 0.4) is 0 Å². The molecule has 0 atom stereocenters. The first-order valence-electron chi connectivity index (χ1n) is 10.4. The Balaban J connectivity index is 2.73. The Kier molecular flexibility index (Phi) is 6.98. The largest absolute Gasteiger partial charge is 0.285 e. The molecule has 0 fully saturated rings. The van der Waals surface area contributed by atoms with E-state index in [0.717, 1.165) is 22.3 Å². The van der Waals surface area contributed by atoms with Crippen LogP contribution < -0.4 is 0 Å². The van der Waals surface area contributed by atoms with Gasteiger partial charge in [0, 0.05) is 11.1 Å². The Hall–Kier alpha value is -2.22. The van der Waals surface area contributed by atoms with E-state index in [9.17, 15) is 9.59 Å². The summed E-state index contributed by atoms with van der Waals surface area (Å²) in [6.45, 7) is 16.6. The number of hydrogen-bond donors (Lipinski definition) is 0. The second-order valence-corrected chi connectivity index (χ2v) is 8.90. The summed E-state index contributed by atoms with van der Waals surface area (Å²) in [5, 5.41) is 0. The monoisotopic (exact) mass is 378 g/mol. The van der Waals surface area contributed by atoms with Crippen LogP contribution in [0.5, 0.6) is 0 Å². The molecule has 0 aliphatic rings. The highest BCUT2D eigenvalue weighted by atomic mass is 16.2. The summed E-state index contributed by atoms with van der Waals surface area (Å²) in [5.74, 6) is -0.0394. The average molecular weight is 379 g/mol. The minimum Gasteiger partial charge on any atom is -0.285 e. The lowest BCUT2D eigenvalue weighted by molar-refractivity contribution is 0.0814. The van der Waals surface area contributed by atoms with Gasteiger partial charge >= 0.3 is 0 Å². The van der Waals surface area contributed by atoms with Crippen molar-refractivity contribution in [2.75, 3.05) is 0 Å². The third kappa shape index (κ3) is 4.27. The maximum atomic E-state index is 13.6. The number of ketones is 2. The smallest absolute Gasteiger partial charge is 0.234 e. The fourth-order valence-electron chi connectivity index (χ4n) is 3.85. The highest BCUT2D eigenvalue weighted by Gasteiger charge is 2.30. The van der Waals surface area contributed by atoms with Crippen LogP contribution in [0, 0.1) is 0 Å². The standard InChI is InChI=1S/C26H34O2/c1-15(2)19-11-9-12-20(16(3)4)23(19)25(27)26(28)24-21(17(5)6)13-10-14-22(24)18(7)8/h9-18H,1-8H3. The second-order valence-electron chi connectivity index (χ2n) is 8.90. The Labute approximate surface area is 170 Å². The first-order valence-corrected chi connectivity index (χ1v) is 10.4. The van der Waals surface area contributed by atoms with Crippen LogP contribution in [-0.4, -0.2) is 11.6 Å². The van der Waals surface area contributed by atoms with Gasteiger partial charge < -0.3 is 0 Å². The Morgan fingerprint density at radius 3 is 0.893 bits per heavy atom. The van der Waals surface area contributed by atoms with Crippen LogP contribution in [0.4, 0.5) is 0 Å². The molecule has 2 rings (SSSR count). The molecule has 2 aromatic carbocycles. The van der Waals surface area contributed by atoms with Gasteiger partial charge in [-0.05, 0) is 45.9 Å². The summed E-state index contributed by atoms with van der Waals surface area (Å²) in [7, 11) is 0. The molecule has 0 aliphatic carbocycles. The third-order valence-corrected chi connectivity index (χ3v) is 5.41. The molecule has 2 aromatic rings. The summed E-state index contributed by atoms with van der Waals surface area (Å²) >= 11 is 0. The molecule has 0 saturated heterocycles. The molecule has 0 aliphatic heterocycles. The van der Waals surface area contributed by atoms with Crippen LogP contribution >= 0.6 is 0 Å². The van der Waals surface area contributed by atoms with Gasteiger partial charge in [-0.1, -0.05) is 91.8 Å². The van der Waals surface area contributed by atoms with Crippen LogP contribution in [-0.2, 0) is 0 Å². The molecule has 0 N–H and O–H groups in total. The van der Waals surface area contributed by atoms with Crippen molar-refractivity contribution >= 4 is 11.6 Å². The van der Waals surface area contributed by atoms with E-state index in [2.05, 4.69) is 55.4 Å². The Morgan fingerprint density at radius 1 is 0.500 bits per heavy atom. The van der Waals surface area contributed by atoms with Gasteiger partial charge in [-0.3, -0.25) is 9.59 Å². The van der Waals surface area contributed by atoms with Gasteiger partial charge in [-0.15, -0.1) is 0 Å². The SMILES string of the molecule is CC(C)c1cccc(C(C)C)c1C(=O)C(=O)c1c(C(C)C)cccc1C(C)C. The predicted octanol–water partition coefficient (Wildman–Crippen LogP) is 7.25. The molecule has 0 heterocycles. The first-order chi connectivity index (χ1) is 13.1. The van der Waals surface area contributed by atoms with Crippen molar-refractivity contribution in [3.63, 3.8) is 0 Å². The van der Waals surface area contributed by atoms with Gasteiger partial charge in [0.15, 0.2) is 0 Å². The second kappa shape index (κ2) is 8.86. The van der Waals surface area contributed by atoms with Crippen molar-refractivity contribution in [2.45, 2.75) is 79.1 Å². The number of rotatable bonds is 7. The van der Waals surface area contributed by atoms with Gasteiger partial charge in [0.25, 0.3) is 0 Å². The van der Waals surface area contributed by atoms with Gasteiger partial charge in [0.05, 0.1) is 0 Å². The van der Waals surface area contributed by atoms with E-state index in [4.69, 9.17) is 0 Å². The molecule has 0 saturated carbocycles. The van der Waals surface area contributed by atoms with Crippen molar-refractivity contribution in [1.82, 2.24) is 0 Å². The highest BCUT2D eigenvalue weighted by Crippen LogP contribution is 2.32. The van der Waals surface area contributed by atoms with Crippen LogP contribution in [0.15, 0.2) is 36.4 Å². The number of carbonyl (C=O) groups is 2. The van der Waals surface area contributed by atoms with E-state index < -0.39 is 0 Å². The van der Waals surface area contributed by atoms with E-state index in [-0.39, 0.29) is 35.2 Å². The molecule has 0 radical (unpaired) electrons. The van der Waals surface area contributed by atoms with Crippen molar-refractivity contribution < 1.29 is 9.59 Å². The van der Waals surface area contributed by atoms with Crippen molar-refractivity contribution in [2.24, 2.45) is 0 Å². The lowest BCUT2D eigenvalue weighted by Gasteiger charge is -2.21. The topological polar surface area (TPSA) is 34.1 Å². The lowest BCUT2D eigenvalue weighted by atomic mass is 9.81. The maximum absolute atomic E-state index is 13.6. The lowest BCUT2D eigenvalue weighted by Crippen LogP contribution is -2.23. The molecular weight excluding hydrogens is 344 g/mol. The fraction of sp³-hybridized carbons (Fsp3) is 0.462. The zero-order chi connectivity index (χ0) is 21.2. The number of hydrogen-bond acceptors (Lipinski definition) is 2. The minimum absolute atomic E-state index is 0.176. The zero-order valence-electron chi connectivity index (χ0n) is 18.6. The van der Waals surface area contributed by atoms with E-state index in [1.165, 1.54) is 0 Å². The van der Waals surface area contributed by atoms with E-state index in [1.807, 2.05) is 36.4 Å². The minimum atomic E-state index is -0.372. The Bertz CT molecular complexity index is 744. The molecule has 2 nitrogen and oxygen atoms in total. The van der Waals surface area contributed by atoms with E-state index >= 15 is 0 Å². The number of benzene rings is 2. The zero-order valence-corrected chi connectivity index (χ0v) is 18.6. The first kappa shape index (κ1) is 22.1. The average Bonchev–Trinajstić information content (AvgIpc) is 2.65. The summed E-state index contributed by atoms with van der Waals surface area (Å²) in [6, 6.07) is 11.9. The quantitative estimate of drug-likeness (QED) is 0.376. The molecule has 150 valence electrons. The summed E-state index contributed by atoms with van der Waals surface area (Å²) in [4.78, 5) is 27.2. The third-order valence-electron chi connectivity index (χ3n) is 5.41. The number of Topliss-reactive ketones (excluding diaryl/α,β-unsaturated/α-hetero) is 2. The van der Waals surface area contributed by atoms with Crippen LogP contribution in [0.2, 0.25) is 0 Å². The van der Waals surface area contributed by atoms with Gasteiger partial charge in [0.1, 0.15) is 0 Å². The Morgan fingerprint density at radius 2 is 0.714 bits per heavy atom. The van der Waals surface area contributed by atoms with Gasteiger partial charge in [-0.25, -0.2) is 0 Å². The molecule has 0 aromatic heterocycles. The summed E-state index contributed by atoms with van der Waals surface area (Å²) in [5.41, 5.74) is 5.03. The van der Waals surface area contributed by atoms with E-state index in [0.29, 0.717) is 11.1 Å². The van der Waals surface area contributed by atoms with Gasteiger partial charge in [0.2, 0.25) is 11.6 Å². The molecule has 0 spiro atoms. The summed E-state index contributed by atoms with van der Waals surface area (Å²) < 4.78 is 0. The van der Waals surface area contributed by atoms with E-state index in [1.54, 1.807) is 0 Å². The van der Waals surface area contributed by atoms with Crippen LogP contribution in [0.25, 0.3) is 0 Å².